The first-order chi connectivity index (χ1) is 9.40. The van der Waals surface area contributed by atoms with Crippen molar-refractivity contribution in [3.8, 4) is 0 Å². The molecule has 8 nitrogen and oxygen atoms in total. The molecule has 0 unspecified atom stereocenters. The van der Waals surface area contributed by atoms with Gasteiger partial charge in [0, 0.05) is 13.5 Å². The number of nitrogens with one attached hydrogen (secondary N) is 4. The van der Waals surface area contributed by atoms with Crippen molar-refractivity contribution in [3.63, 3.8) is 0 Å². The maximum Gasteiger partial charge on any atom is 0.321 e. The van der Waals surface area contributed by atoms with Gasteiger partial charge >= 0.3 is 5.97 Å². The van der Waals surface area contributed by atoms with Crippen LogP contribution in [0.5, 0.6) is 0 Å². The Morgan fingerprint density at radius 1 is 1.05 bits per heavy atom. The molecule has 20 heavy (non-hydrogen) atoms. The second-order valence-electron chi connectivity index (χ2n) is 4.21. The van der Waals surface area contributed by atoms with E-state index in [1.165, 1.54) is 39.0 Å². The van der Waals surface area contributed by atoms with Gasteiger partial charge in [0.1, 0.15) is 0 Å². The van der Waals surface area contributed by atoms with Crippen LogP contribution in [-0.4, -0.2) is 24.4 Å². The Balaban J connectivity index is 0. The van der Waals surface area contributed by atoms with E-state index in [0.29, 0.717) is 0 Å². The lowest BCUT2D eigenvalue weighted by Crippen LogP contribution is -2.39. The van der Waals surface area contributed by atoms with Crippen LogP contribution in [0, 0.1) is 10.8 Å². The Kier molecular flexibility index (Phi) is 15.6. The zero-order valence-corrected chi connectivity index (χ0v) is 12.4. The van der Waals surface area contributed by atoms with E-state index in [0.717, 1.165) is 13.0 Å². The second kappa shape index (κ2) is 15.2. The van der Waals surface area contributed by atoms with Crippen LogP contribution in [-0.2, 0) is 9.63 Å². The molecule has 0 bridgehead atoms. The van der Waals surface area contributed by atoms with Gasteiger partial charge in [0.15, 0.2) is 11.9 Å². The summed E-state index contributed by atoms with van der Waals surface area (Å²) in [6, 6.07) is 0. The maximum absolute atomic E-state index is 10.3. The molecule has 0 aliphatic rings. The predicted molar refractivity (Wildman–Crippen MR) is 80.1 cm³/mol. The normalized spacial score (nSPS) is 9.10. The number of guanidine groups is 2. The first kappa shape index (κ1) is 20.5. The third-order valence-electron chi connectivity index (χ3n) is 2.12. The summed E-state index contributed by atoms with van der Waals surface area (Å²) in [4.78, 5) is 14.9. The summed E-state index contributed by atoms with van der Waals surface area (Å²) in [5.74, 6) is -0.897. The largest absolute Gasteiger partial charge is 0.371 e. The van der Waals surface area contributed by atoms with E-state index in [1.807, 2.05) is 5.32 Å². The highest BCUT2D eigenvalue weighted by molar-refractivity contribution is 5.93. The number of hydroxylamine groups is 1. The number of rotatable bonds is 8. The number of unbranched alkanes of at least 4 members (excludes halogenated alkanes) is 5. The van der Waals surface area contributed by atoms with Crippen LogP contribution in [0.15, 0.2) is 0 Å². The third kappa shape index (κ3) is 25.1. The highest BCUT2D eigenvalue weighted by Gasteiger charge is 1.92. The summed E-state index contributed by atoms with van der Waals surface area (Å²) in [7, 11) is 0. The van der Waals surface area contributed by atoms with E-state index in [4.69, 9.17) is 22.3 Å². The van der Waals surface area contributed by atoms with Gasteiger partial charge < -0.3 is 16.3 Å². The maximum atomic E-state index is 10.3. The van der Waals surface area contributed by atoms with Gasteiger partial charge in [-0.15, -0.1) is 0 Å². The average Bonchev–Trinajstić information content (AvgIpc) is 2.31. The van der Waals surface area contributed by atoms with Crippen molar-refractivity contribution in [1.29, 1.82) is 10.8 Å². The fraction of sp³-hybridized carbons (Fsp3) is 0.750. The molecule has 0 aromatic carbocycles. The minimum atomic E-state index is -0.312. The topological polar surface area (TPSA) is 150 Å². The van der Waals surface area contributed by atoms with Gasteiger partial charge in [0.25, 0.3) is 0 Å². The van der Waals surface area contributed by atoms with Gasteiger partial charge in [-0.1, -0.05) is 39.0 Å². The van der Waals surface area contributed by atoms with Crippen molar-refractivity contribution in [3.05, 3.63) is 0 Å². The Bertz CT molecular complexity index is 271. The molecule has 0 aliphatic carbocycles. The molecule has 0 radical (unpaired) electrons. The zero-order chi connectivity index (χ0) is 15.8. The number of carbonyl (C=O) groups is 1. The molecule has 0 heterocycles. The molecule has 118 valence electrons. The van der Waals surface area contributed by atoms with Gasteiger partial charge in [0.2, 0.25) is 0 Å². The summed E-state index contributed by atoms with van der Waals surface area (Å²) in [5.41, 5.74) is 12.1. The van der Waals surface area contributed by atoms with Gasteiger partial charge in [-0.3, -0.25) is 20.9 Å². The predicted octanol–water partition coefficient (Wildman–Crippen LogP) is 0.778. The summed E-state index contributed by atoms with van der Waals surface area (Å²) in [6.45, 7) is 4.38. The van der Waals surface area contributed by atoms with E-state index in [2.05, 4.69) is 17.2 Å². The molecule has 0 spiro atoms. The Hall–Kier alpha value is -1.83. The average molecular weight is 288 g/mol. The molecule has 0 aliphatic heterocycles. The smallest absolute Gasteiger partial charge is 0.321 e. The molecule has 0 saturated carbocycles. The fourth-order valence-electron chi connectivity index (χ4n) is 1.28. The van der Waals surface area contributed by atoms with Crippen LogP contribution in [0.2, 0.25) is 0 Å². The van der Waals surface area contributed by atoms with Crippen LogP contribution < -0.4 is 22.3 Å². The summed E-state index contributed by atoms with van der Waals surface area (Å²) < 4.78 is 0. The van der Waals surface area contributed by atoms with Crippen molar-refractivity contribution >= 4 is 17.9 Å². The van der Waals surface area contributed by atoms with Crippen molar-refractivity contribution in [2.45, 2.75) is 52.4 Å². The molecule has 0 aromatic heterocycles. The SMILES string of the molecule is CCCCCCCCNOC(C)=O.N=C(N)NC(=N)N. The van der Waals surface area contributed by atoms with Crippen molar-refractivity contribution in [2.24, 2.45) is 11.5 Å². The van der Waals surface area contributed by atoms with Gasteiger partial charge in [-0.25, -0.2) is 0 Å². The quantitative estimate of drug-likeness (QED) is 0.168. The Labute approximate surface area is 120 Å². The monoisotopic (exact) mass is 288 g/mol. The van der Waals surface area contributed by atoms with Crippen LogP contribution >= 0.6 is 0 Å². The van der Waals surface area contributed by atoms with Crippen LogP contribution in [0.4, 0.5) is 0 Å². The lowest BCUT2D eigenvalue weighted by Gasteiger charge is -2.02. The Morgan fingerprint density at radius 2 is 1.55 bits per heavy atom. The van der Waals surface area contributed by atoms with Gasteiger partial charge in [0.05, 0.1) is 0 Å². The molecular weight excluding hydrogens is 260 g/mol. The molecule has 0 atom stereocenters. The van der Waals surface area contributed by atoms with E-state index >= 15 is 0 Å². The van der Waals surface area contributed by atoms with Crippen molar-refractivity contribution in [1.82, 2.24) is 10.8 Å². The standard InChI is InChI=1S/C10H21NO2.C2H7N5/c1-3-4-5-6-7-8-9-11-13-10(2)12;3-1(4)7-2(5)6/h11H,3-9H2,1-2H3;(H7,3,4,5,6,7). The minimum Gasteiger partial charge on any atom is -0.371 e. The molecule has 0 rings (SSSR count). The molecule has 0 aromatic rings. The summed E-state index contributed by atoms with van der Waals surface area (Å²) >= 11 is 0. The molecule has 8 N–H and O–H groups in total. The minimum absolute atomic E-state index is 0.272. The number of hydrogen-bond acceptors (Lipinski definition) is 5. The lowest BCUT2D eigenvalue weighted by molar-refractivity contribution is -0.148. The van der Waals surface area contributed by atoms with Gasteiger partial charge in [-0.2, -0.15) is 5.48 Å². The summed E-state index contributed by atoms with van der Waals surface area (Å²) in [5, 5.41) is 15.0. The number of nitrogens with two attached hydrogens (primary N) is 2. The summed E-state index contributed by atoms with van der Waals surface area (Å²) in [6.07, 6.45) is 7.52. The highest BCUT2D eigenvalue weighted by Crippen LogP contribution is 2.03. The van der Waals surface area contributed by atoms with Crippen molar-refractivity contribution < 1.29 is 9.63 Å². The molecule has 0 fully saturated rings. The van der Waals surface area contributed by atoms with E-state index in [1.54, 1.807) is 0 Å². The zero-order valence-electron chi connectivity index (χ0n) is 12.4. The van der Waals surface area contributed by atoms with Gasteiger partial charge in [-0.05, 0) is 6.42 Å². The second-order valence-corrected chi connectivity index (χ2v) is 4.21. The number of hydrogen-bond donors (Lipinski definition) is 6. The first-order valence-electron chi connectivity index (χ1n) is 6.75. The van der Waals surface area contributed by atoms with E-state index in [-0.39, 0.29) is 17.9 Å². The third-order valence-corrected chi connectivity index (χ3v) is 2.12. The first-order valence-corrected chi connectivity index (χ1v) is 6.75. The fourth-order valence-corrected chi connectivity index (χ4v) is 1.28. The van der Waals surface area contributed by atoms with E-state index < -0.39 is 0 Å². The Morgan fingerprint density at radius 3 is 1.95 bits per heavy atom. The molecule has 0 amide bonds. The highest BCUT2D eigenvalue weighted by atomic mass is 16.7. The van der Waals surface area contributed by atoms with Crippen LogP contribution in [0.1, 0.15) is 52.4 Å². The van der Waals surface area contributed by atoms with Crippen LogP contribution in [0.25, 0.3) is 0 Å². The van der Waals surface area contributed by atoms with E-state index in [9.17, 15) is 4.79 Å². The molecular formula is C12H28N6O2. The van der Waals surface area contributed by atoms with Crippen LogP contribution in [0.3, 0.4) is 0 Å². The molecule has 0 saturated heterocycles. The molecule has 8 heteroatoms. The van der Waals surface area contributed by atoms with Crippen molar-refractivity contribution in [2.75, 3.05) is 6.54 Å². The number of carbonyl (C=O) groups excluding carboxylic acids is 1. The lowest BCUT2D eigenvalue weighted by atomic mass is 10.1.